The molecule has 1 saturated carbocycles. The predicted molar refractivity (Wildman–Crippen MR) is 65.0 cm³/mol. The minimum absolute atomic E-state index is 0.303. The van der Waals surface area contributed by atoms with Gasteiger partial charge in [-0.2, -0.15) is 0 Å². The Balaban J connectivity index is 1.90. The number of anilines is 1. The van der Waals surface area contributed by atoms with Crippen LogP contribution in [0.1, 0.15) is 12.8 Å². The van der Waals surface area contributed by atoms with Gasteiger partial charge in [-0.3, -0.25) is 0 Å². The molecular weight excluding hydrogens is 202 g/mol. The molecule has 1 atom stereocenters. The Labute approximate surface area is 96.6 Å². The van der Waals surface area contributed by atoms with Crippen LogP contribution >= 0.6 is 0 Å². The quantitative estimate of drug-likeness (QED) is 0.824. The van der Waals surface area contributed by atoms with E-state index in [2.05, 4.69) is 0 Å². The van der Waals surface area contributed by atoms with E-state index in [9.17, 15) is 5.11 Å². The van der Waals surface area contributed by atoms with Gasteiger partial charge in [0.05, 0.1) is 6.10 Å². The highest BCUT2D eigenvalue weighted by molar-refractivity contribution is 5.49. The van der Waals surface area contributed by atoms with Crippen LogP contribution in [-0.2, 0) is 0 Å². The van der Waals surface area contributed by atoms with Crippen LogP contribution in [0.2, 0.25) is 0 Å². The van der Waals surface area contributed by atoms with Gasteiger partial charge < -0.3 is 14.7 Å². The van der Waals surface area contributed by atoms with Crippen LogP contribution < -0.4 is 9.64 Å². The lowest BCUT2D eigenvalue weighted by Gasteiger charge is -2.15. The van der Waals surface area contributed by atoms with Crippen molar-refractivity contribution in [2.24, 2.45) is 5.92 Å². The van der Waals surface area contributed by atoms with Gasteiger partial charge in [0.1, 0.15) is 12.4 Å². The number of aliphatic hydroxyl groups is 1. The summed E-state index contributed by atoms with van der Waals surface area (Å²) in [6.07, 6.45) is 1.98. The highest BCUT2D eigenvalue weighted by Gasteiger charge is 2.29. The molecule has 0 aromatic heterocycles. The first-order valence-corrected chi connectivity index (χ1v) is 5.75. The average Bonchev–Trinajstić information content (AvgIpc) is 3.10. The van der Waals surface area contributed by atoms with Crippen molar-refractivity contribution in [2.75, 3.05) is 25.6 Å². The Kier molecular flexibility index (Phi) is 3.34. The zero-order valence-corrected chi connectivity index (χ0v) is 9.89. The molecule has 3 nitrogen and oxygen atoms in total. The average molecular weight is 221 g/mol. The molecule has 1 aromatic rings. The van der Waals surface area contributed by atoms with Crippen LogP contribution in [0.4, 0.5) is 5.69 Å². The molecule has 0 aliphatic heterocycles. The Morgan fingerprint density at radius 3 is 2.81 bits per heavy atom. The van der Waals surface area contributed by atoms with E-state index >= 15 is 0 Å². The van der Waals surface area contributed by atoms with Gasteiger partial charge in [0, 0.05) is 25.8 Å². The van der Waals surface area contributed by atoms with Gasteiger partial charge in [-0.25, -0.2) is 0 Å². The van der Waals surface area contributed by atoms with Crippen LogP contribution in [0.15, 0.2) is 24.3 Å². The van der Waals surface area contributed by atoms with Crippen molar-refractivity contribution >= 4 is 5.69 Å². The molecule has 1 N–H and O–H groups in total. The van der Waals surface area contributed by atoms with E-state index in [1.54, 1.807) is 0 Å². The van der Waals surface area contributed by atoms with Gasteiger partial charge in [-0.1, -0.05) is 6.07 Å². The van der Waals surface area contributed by atoms with Gasteiger partial charge in [0.15, 0.2) is 0 Å². The van der Waals surface area contributed by atoms with Crippen molar-refractivity contribution in [3.63, 3.8) is 0 Å². The topological polar surface area (TPSA) is 32.7 Å². The Morgan fingerprint density at radius 2 is 2.19 bits per heavy atom. The molecule has 0 bridgehead atoms. The molecule has 2 rings (SSSR count). The second kappa shape index (κ2) is 4.74. The SMILES string of the molecule is CN(C)c1cccc(OCC(O)C2CC2)c1. The van der Waals surface area contributed by atoms with E-state index in [0.717, 1.165) is 24.3 Å². The van der Waals surface area contributed by atoms with E-state index in [0.29, 0.717) is 12.5 Å². The number of rotatable bonds is 5. The molecule has 1 aliphatic rings. The minimum atomic E-state index is -0.303. The second-order valence-electron chi connectivity index (χ2n) is 4.61. The van der Waals surface area contributed by atoms with Crippen molar-refractivity contribution in [2.45, 2.75) is 18.9 Å². The summed E-state index contributed by atoms with van der Waals surface area (Å²) < 4.78 is 5.58. The standard InChI is InChI=1S/C13H19NO2/c1-14(2)11-4-3-5-12(8-11)16-9-13(15)10-6-7-10/h3-5,8,10,13,15H,6-7,9H2,1-2H3. The van der Waals surface area contributed by atoms with E-state index in [1.165, 1.54) is 0 Å². The summed E-state index contributed by atoms with van der Waals surface area (Å²) in [5.74, 6) is 1.29. The third-order valence-electron chi connectivity index (χ3n) is 2.92. The Morgan fingerprint density at radius 1 is 1.44 bits per heavy atom. The molecule has 1 aliphatic carbocycles. The van der Waals surface area contributed by atoms with Crippen molar-refractivity contribution in [3.8, 4) is 5.75 Å². The second-order valence-corrected chi connectivity index (χ2v) is 4.61. The summed E-state index contributed by atoms with van der Waals surface area (Å²) >= 11 is 0. The molecule has 0 spiro atoms. The molecule has 3 heteroatoms. The predicted octanol–water partition coefficient (Wildman–Crippen LogP) is 1.90. The maximum atomic E-state index is 9.69. The molecule has 0 radical (unpaired) electrons. The zero-order valence-electron chi connectivity index (χ0n) is 9.89. The summed E-state index contributed by atoms with van der Waals surface area (Å²) in [4.78, 5) is 2.03. The fourth-order valence-electron chi connectivity index (χ4n) is 1.65. The third kappa shape index (κ3) is 2.89. The summed E-state index contributed by atoms with van der Waals surface area (Å²) in [5, 5.41) is 9.69. The molecule has 16 heavy (non-hydrogen) atoms. The van der Waals surface area contributed by atoms with Crippen LogP contribution in [0.5, 0.6) is 5.75 Å². The number of aliphatic hydroxyl groups excluding tert-OH is 1. The number of hydrogen-bond acceptors (Lipinski definition) is 3. The molecule has 0 heterocycles. The molecule has 1 unspecified atom stereocenters. The van der Waals surface area contributed by atoms with Crippen molar-refractivity contribution in [1.82, 2.24) is 0 Å². The fourth-order valence-corrected chi connectivity index (χ4v) is 1.65. The van der Waals surface area contributed by atoms with Gasteiger partial charge in [0.25, 0.3) is 0 Å². The fraction of sp³-hybridized carbons (Fsp3) is 0.538. The lowest BCUT2D eigenvalue weighted by molar-refractivity contribution is 0.0894. The van der Waals surface area contributed by atoms with E-state index in [-0.39, 0.29) is 6.10 Å². The Bertz CT molecular complexity index is 348. The lowest BCUT2D eigenvalue weighted by Crippen LogP contribution is -2.19. The first-order chi connectivity index (χ1) is 7.66. The highest BCUT2D eigenvalue weighted by atomic mass is 16.5. The molecule has 0 amide bonds. The first-order valence-electron chi connectivity index (χ1n) is 5.75. The summed E-state index contributed by atoms with van der Waals surface area (Å²) in [5.41, 5.74) is 1.11. The van der Waals surface area contributed by atoms with E-state index in [1.807, 2.05) is 43.3 Å². The smallest absolute Gasteiger partial charge is 0.121 e. The van der Waals surface area contributed by atoms with Gasteiger partial charge in [0.2, 0.25) is 0 Å². The number of benzene rings is 1. The Hall–Kier alpha value is -1.22. The van der Waals surface area contributed by atoms with Crippen LogP contribution in [-0.4, -0.2) is 31.9 Å². The summed E-state index contributed by atoms with van der Waals surface area (Å²) in [6, 6.07) is 7.91. The zero-order chi connectivity index (χ0) is 11.5. The largest absolute Gasteiger partial charge is 0.491 e. The molecule has 1 aromatic carbocycles. The van der Waals surface area contributed by atoms with Gasteiger partial charge in [-0.15, -0.1) is 0 Å². The number of hydrogen-bond donors (Lipinski definition) is 1. The van der Waals surface area contributed by atoms with Crippen molar-refractivity contribution in [3.05, 3.63) is 24.3 Å². The normalized spacial score (nSPS) is 16.9. The summed E-state index contributed by atoms with van der Waals surface area (Å²) in [6.45, 7) is 0.404. The number of nitrogens with zero attached hydrogens (tertiary/aromatic N) is 1. The highest BCUT2D eigenvalue weighted by Crippen LogP contribution is 2.32. The number of ether oxygens (including phenoxy) is 1. The maximum Gasteiger partial charge on any atom is 0.121 e. The molecule has 1 fully saturated rings. The monoisotopic (exact) mass is 221 g/mol. The first kappa shape index (κ1) is 11.3. The third-order valence-corrected chi connectivity index (χ3v) is 2.92. The molecule has 0 saturated heterocycles. The maximum absolute atomic E-state index is 9.69. The van der Waals surface area contributed by atoms with Crippen molar-refractivity contribution < 1.29 is 9.84 Å². The summed E-state index contributed by atoms with van der Waals surface area (Å²) in [7, 11) is 4.00. The minimum Gasteiger partial charge on any atom is -0.491 e. The lowest BCUT2D eigenvalue weighted by atomic mass is 10.2. The van der Waals surface area contributed by atoms with E-state index < -0.39 is 0 Å². The molecule has 88 valence electrons. The van der Waals surface area contributed by atoms with Crippen LogP contribution in [0, 0.1) is 5.92 Å². The van der Waals surface area contributed by atoms with Crippen molar-refractivity contribution in [1.29, 1.82) is 0 Å². The van der Waals surface area contributed by atoms with E-state index in [4.69, 9.17) is 4.74 Å². The van der Waals surface area contributed by atoms with Gasteiger partial charge >= 0.3 is 0 Å². The van der Waals surface area contributed by atoms with Crippen LogP contribution in [0.25, 0.3) is 0 Å². The van der Waals surface area contributed by atoms with Crippen LogP contribution in [0.3, 0.4) is 0 Å². The molecular formula is C13H19NO2. The van der Waals surface area contributed by atoms with Gasteiger partial charge in [-0.05, 0) is 30.9 Å².